The van der Waals surface area contributed by atoms with E-state index in [1.165, 1.54) is 0 Å². The Labute approximate surface area is 141 Å². The van der Waals surface area contributed by atoms with E-state index >= 15 is 0 Å². The van der Waals surface area contributed by atoms with Crippen LogP contribution >= 0.6 is 7.60 Å². The number of cyclic esters (lactones) is 1. The zero-order valence-electron chi connectivity index (χ0n) is 14.3. The molecule has 134 valence electrons. The minimum Gasteiger partial charge on any atom is -0.462 e. The van der Waals surface area contributed by atoms with Crippen LogP contribution in [-0.4, -0.2) is 43.0 Å². The Bertz CT molecular complexity index is 640. The van der Waals surface area contributed by atoms with Crippen LogP contribution in [0.2, 0.25) is 0 Å². The Kier molecular flexibility index (Phi) is 4.18. The zero-order valence-corrected chi connectivity index (χ0v) is 15.2. The Morgan fingerprint density at radius 1 is 1.46 bits per heavy atom. The second-order valence-electron chi connectivity index (χ2n) is 7.26. The molecule has 1 saturated carbocycles. The lowest BCUT2D eigenvalue weighted by molar-refractivity contribution is -0.163. The summed E-state index contributed by atoms with van der Waals surface area (Å²) in [5.74, 6) is -1.63. The first-order chi connectivity index (χ1) is 11.2. The van der Waals surface area contributed by atoms with Gasteiger partial charge in [0.15, 0.2) is 5.16 Å². The second-order valence-corrected chi connectivity index (χ2v) is 9.51. The van der Waals surface area contributed by atoms with Gasteiger partial charge in [0, 0.05) is 11.3 Å². The number of rotatable bonds is 5. The van der Waals surface area contributed by atoms with Crippen molar-refractivity contribution in [3.05, 3.63) is 12.2 Å². The van der Waals surface area contributed by atoms with Crippen LogP contribution in [-0.2, 0) is 32.7 Å². The molecule has 5 atom stereocenters. The molecule has 0 amide bonds. The van der Waals surface area contributed by atoms with Gasteiger partial charge in [0.25, 0.3) is 0 Å². The molecule has 0 bridgehead atoms. The van der Waals surface area contributed by atoms with E-state index in [1.807, 2.05) is 13.8 Å². The van der Waals surface area contributed by atoms with E-state index in [9.17, 15) is 14.2 Å². The molecule has 24 heavy (non-hydrogen) atoms. The molecule has 0 aromatic heterocycles. The zero-order chi connectivity index (χ0) is 17.8. The van der Waals surface area contributed by atoms with Crippen LogP contribution in [0.4, 0.5) is 0 Å². The first kappa shape index (κ1) is 17.6. The first-order valence-electron chi connectivity index (χ1n) is 8.09. The van der Waals surface area contributed by atoms with Gasteiger partial charge in [-0.15, -0.1) is 0 Å². The number of carbonyl (C=O) groups is 2. The number of hydrogen-bond donors (Lipinski definition) is 0. The Hall–Kier alpha value is -1.17. The molecule has 3 rings (SSSR count). The fourth-order valence-electron chi connectivity index (χ4n) is 3.61. The van der Waals surface area contributed by atoms with Gasteiger partial charge >= 0.3 is 19.5 Å². The molecule has 2 heterocycles. The number of hydrogen-bond acceptors (Lipinski definition) is 7. The Balaban J connectivity index is 1.82. The van der Waals surface area contributed by atoms with Gasteiger partial charge in [0.1, 0.15) is 6.61 Å². The van der Waals surface area contributed by atoms with Gasteiger partial charge in [0.05, 0.1) is 13.2 Å². The molecule has 1 aliphatic carbocycles. The predicted molar refractivity (Wildman–Crippen MR) is 84.3 cm³/mol. The summed E-state index contributed by atoms with van der Waals surface area (Å²) >= 11 is 0. The lowest BCUT2D eigenvalue weighted by Crippen LogP contribution is -2.39. The van der Waals surface area contributed by atoms with Crippen LogP contribution in [0.15, 0.2) is 12.2 Å². The third-order valence-corrected chi connectivity index (χ3v) is 8.08. The number of allylic oxidation sites excluding steroid dienone is 1. The van der Waals surface area contributed by atoms with Gasteiger partial charge in [-0.2, -0.15) is 0 Å². The fourth-order valence-corrected chi connectivity index (χ4v) is 6.33. The van der Waals surface area contributed by atoms with Crippen LogP contribution < -0.4 is 0 Å². The largest absolute Gasteiger partial charge is 0.462 e. The molecule has 8 heteroatoms. The van der Waals surface area contributed by atoms with Gasteiger partial charge < -0.3 is 18.5 Å². The van der Waals surface area contributed by atoms with Crippen LogP contribution in [0.1, 0.15) is 27.7 Å². The highest BCUT2D eigenvalue weighted by Gasteiger charge is 2.83. The molecule has 0 aromatic rings. The van der Waals surface area contributed by atoms with Gasteiger partial charge in [-0.1, -0.05) is 32.9 Å². The smallest absolute Gasteiger partial charge is 0.348 e. The van der Waals surface area contributed by atoms with Crippen LogP contribution in [0.3, 0.4) is 0 Å². The predicted octanol–water partition coefficient (Wildman–Crippen LogP) is 2.30. The number of fused-ring (bicyclic) bond motifs is 1. The van der Waals surface area contributed by atoms with E-state index in [2.05, 4.69) is 0 Å². The molecule has 7 nitrogen and oxygen atoms in total. The highest BCUT2D eigenvalue weighted by molar-refractivity contribution is 7.57. The molecular weight excluding hydrogens is 335 g/mol. The van der Waals surface area contributed by atoms with Crippen molar-refractivity contribution < 1.29 is 32.7 Å². The summed E-state index contributed by atoms with van der Waals surface area (Å²) in [7, 11) is -3.66. The van der Waals surface area contributed by atoms with E-state index in [1.54, 1.807) is 26.0 Å². The maximum atomic E-state index is 13.2. The van der Waals surface area contributed by atoms with Crippen molar-refractivity contribution in [1.82, 2.24) is 0 Å². The number of esters is 2. The van der Waals surface area contributed by atoms with Crippen molar-refractivity contribution in [2.45, 2.75) is 39.0 Å². The standard InChI is InChI=1S/C16H23O7P/c1-5-6-7-21-24(19)16(10(2)11(16)8-22-24)14(18)23-12-13(17)20-9-15(12,3)4/h5-6,10-12H,7-9H2,1-4H3/b6-5+/t10-,11-,12-,16+,24?/m0/s1. The minimum atomic E-state index is -3.66. The average Bonchev–Trinajstić information content (AvgIpc) is 2.87. The van der Waals surface area contributed by atoms with Crippen molar-refractivity contribution in [2.24, 2.45) is 17.3 Å². The van der Waals surface area contributed by atoms with Crippen molar-refractivity contribution in [3.8, 4) is 0 Å². The Morgan fingerprint density at radius 2 is 2.17 bits per heavy atom. The lowest BCUT2D eigenvalue weighted by atomic mass is 9.90. The number of carbonyl (C=O) groups excluding carboxylic acids is 2. The molecular formula is C16H23O7P. The highest BCUT2D eigenvalue weighted by Crippen LogP contribution is 2.82. The summed E-state index contributed by atoms with van der Waals surface area (Å²) in [6.45, 7) is 7.69. The molecule has 3 fully saturated rings. The first-order valence-corrected chi connectivity index (χ1v) is 9.63. The molecule has 2 saturated heterocycles. The third-order valence-electron chi connectivity index (χ3n) is 5.27. The summed E-state index contributed by atoms with van der Waals surface area (Å²) < 4.78 is 34.4. The summed E-state index contributed by atoms with van der Waals surface area (Å²) in [4.78, 5) is 24.7. The maximum Gasteiger partial charge on any atom is 0.348 e. The molecule has 1 unspecified atom stereocenters. The molecule has 3 aliphatic rings. The van der Waals surface area contributed by atoms with E-state index in [4.69, 9.17) is 18.5 Å². The maximum absolute atomic E-state index is 13.2. The van der Waals surface area contributed by atoms with E-state index < -0.39 is 36.2 Å². The number of ether oxygens (including phenoxy) is 2. The van der Waals surface area contributed by atoms with E-state index in [0.29, 0.717) is 0 Å². The summed E-state index contributed by atoms with van der Waals surface area (Å²) in [6.07, 6.45) is 2.45. The van der Waals surface area contributed by atoms with Gasteiger partial charge in [-0.25, -0.2) is 4.79 Å². The van der Waals surface area contributed by atoms with Crippen molar-refractivity contribution in [1.29, 1.82) is 0 Å². The third kappa shape index (κ3) is 2.29. The second kappa shape index (κ2) is 5.68. The SMILES string of the molecule is C/C=C/COP1(=O)OC[C@H]2[C@H](C)[C@]21C(=O)O[C@H]1C(=O)OCC1(C)C. The minimum absolute atomic E-state index is 0.0964. The van der Waals surface area contributed by atoms with Crippen LogP contribution in [0.5, 0.6) is 0 Å². The topological polar surface area (TPSA) is 88.1 Å². The summed E-state index contributed by atoms with van der Waals surface area (Å²) in [6, 6.07) is 0. The van der Waals surface area contributed by atoms with Gasteiger partial charge in [0.2, 0.25) is 6.10 Å². The molecule has 0 spiro atoms. The van der Waals surface area contributed by atoms with E-state index in [0.717, 1.165) is 0 Å². The van der Waals surface area contributed by atoms with Crippen molar-refractivity contribution in [2.75, 3.05) is 19.8 Å². The monoisotopic (exact) mass is 358 g/mol. The quantitative estimate of drug-likeness (QED) is 0.423. The Morgan fingerprint density at radius 3 is 2.71 bits per heavy atom. The average molecular weight is 358 g/mol. The normalized spacial score (nSPS) is 42.8. The van der Waals surface area contributed by atoms with Crippen molar-refractivity contribution in [3.63, 3.8) is 0 Å². The molecule has 0 aromatic carbocycles. The van der Waals surface area contributed by atoms with Gasteiger partial charge in [-0.05, 0) is 12.8 Å². The van der Waals surface area contributed by atoms with E-state index in [-0.39, 0.29) is 31.7 Å². The van der Waals surface area contributed by atoms with Crippen molar-refractivity contribution >= 4 is 19.5 Å². The van der Waals surface area contributed by atoms with Gasteiger partial charge in [-0.3, -0.25) is 9.36 Å². The fraction of sp³-hybridized carbons (Fsp3) is 0.750. The molecule has 0 radical (unpaired) electrons. The highest BCUT2D eigenvalue weighted by atomic mass is 31.2. The lowest BCUT2D eigenvalue weighted by Gasteiger charge is -2.26. The molecule has 2 aliphatic heterocycles. The summed E-state index contributed by atoms with van der Waals surface area (Å²) in [5.41, 5.74) is -0.619. The molecule has 0 N–H and O–H groups in total. The van der Waals surface area contributed by atoms with Crippen LogP contribution in [0, 0.1) is 17.3 Å². The van der Waals surface area contributed by atoms with Crippen LogP contribution in [0.25, 0.3) is 0 Å². The summed E-state index contributed by atoms with van der Waals surface area (Å²) in [5, 5.41) is -1.30.